The second kappa shape index (κ2) is 4.19. The van der Waals surface area contributed by atoms with Crippen molar-refractivity contribution in [2.24, 2.45) is 0 Å². The summed E-state index contributed by atoms with van der Waals surface area (Å²) < 4.78 is 0. The fraction of sp³-hybridized carbons (Fsp3) is 0.500. The number of carbonyl (C=O) groups is 1. The van der Waals surface area contributed by atoms with Gasteiger partial charge in [-0.25, -0.2) is 4.79 Å². The van der Waals surface area contributed by atoms with Gasteiger partial charge in [-0.05, 0) is 56.4 Å². The summed E-state index contributed by atoms with van der Waals surface area (Å²) in [5.74, 6) is 0. The van der Waals surface area contributed by atoms with Crippen LogP contribution in [0.2, 0.25) is 0 Å². The van der Waals surface area contributed by atoms with Crippen molar-refractivity contribution in [3.8, 4) is 0 Å². The first-order valence-electron chi connectivity index (χ1n) is 6.63. The Kier molecular flexibility index (Phi) is 2.65. The molecule has 0 saturated heterocycles. The van der Waals surface area contributed by atoms with E-state index in [4.69, 9.17) is 5.73 Å². The zero-order valence-corrected chi connectivity index (χ0v) is 10.6. The van der Waals surface area contributed by atoms with Crippen LogP contribution in [0.3, 0.4) is 0 Å². The summed E-state index contributed by atoms with van der Waals surface area (Å²) in [6.45, 7) is 2.08. The van der Waals surface area contributed by atoms with E-state index in [-0.39, 0.29) is 12.1 Å². The first-order valence-corrected chi connectivity index (χ1v) is 6.63. The highest BCUT2D eigenvalue weighted by Crippen LogP contribution is 2.33. The number of nitrogen functional groups attached to an aromatic ring is 1. The highest BCUT2D eigenvalue weighted by molar-refractivity contribution is 5.95. The van der Waals surface area contributed by atoms with Crippen LogP contribution in [0.1, 0.15) is 31.7 Å². The van der Waals surface area contributed by atoms with Crippen LogP contribution in [0.4, 0.5) is 16.2 Å². The molecule has 1 heterocycles. The fourth-order valence-electron chi connectivity index (χ4n) is 2.76. The van der Waals surface area contributed by atoms with E-state index in [2.05, 4.69) is 12.2 Å². The lowest BCUT2D eigenvalue weighted by molar-refractivity contribution is 0.233. The molecule has 4 heteroatoms. The molecule has 1 atom stereocenters. The number of amides is 2. The van der Waals surface area contributed by atoms with E-state index < -0.39 is 0 Å². The van der Waals surface area contributed by atoms with Gasteiger partial charge < -0.3 is 11.1 Å². The summed E-state index contributed by atoms with van der Waals surface area (Å²) >= 11 is 0. The Balaban J connectivity index is 1.81. The first-order chi connectivity index (χ1) is 8.65. The topological polar surface area (TPSA) is 58.4 Å². The van der Waals surface area contributed by atoms with Gasteiger partial charge in [0.15, 0.2) is 0 Å². The minimum Gasteiger partial charge on any atom is -0.399 e. The van der Waals surface area contributed by atoms with E-state index in [0.717, 1.165) is 30.6 Å². The Morgan fingerprint density at radius 3 is 2.89 bits per heavy atom. The molecule has 2 amide bonds. The van der Waals surface area contributed by atoms with E-state index in [1.165, 1.54) is 12.0 Å². The number of urea groups is 1. The molecule has 18 heavy (non-hydrogen) atoms. The smallest absolute Gasteiger partial charge is 0.322 e. The minimum atomic E-state index is 0.0377. The van der Waals surface area contributed by atoms with Gasteiger partial charge in [-0.15, -0.1) is 0 Å². The molecule has 1 fully saturated rings. The van der Waals surface area contributed by atoms with Crippen LogP contribution < -0.4 is 16.0 Å². The monoisotopic (exact) mass is 245 g/mol. The van der Waals surface area contributed by atoms with Crippen LogP contribution in [0.15, 0.2) is 18.2 Å². The van der Waals surface area contributed by atoms with Crippen molar-refractivity contribution in [1.29, 1.82) is 0 Å². The molecule has 0 radical (unpaired) electrons. The average molecular weight is 245 g/mol. The zero-order chi connectivity index (χ0) is 12.7. The molecule has 3 N–H and O–H groups in total. The van der Waals surface area contributed by atoms with Crippen LogP contribution in [-0.4, -0.2) is 18.1 Å². The zero-order valence-electron chi connectivity index (χ0n) is 10.6. The maximum atomic E-state index is 12.3. The normalized spacial score (nSPS) is 22.5. The van der Waals surface area contributed by atoms with Gasteiger partial charge in [-0.3, -0.25) is 4.90 Å². The minimum absolute atomic E-state index is 0.0377. The van der Waals surface area contributed by atoms with Gasteiger partial charge in [0.1, 0.15) is 0 Å². The molecular formula is C14H19N3O. The Bertz CT molecular complexity index is 482. The predicted octanol–water partition coefficient (Wildman–Crippen LogP) is 2.28. The van der Waals surface area contributed by atoms with E-state index in [9.17, 15) is 4.79 Å². The predicted molar refractivity (Wildman–Crippen MR) is 72.7 cm³/mol. The molecule has 1 saturated carbocycles. The first kappa shape index (κ1) is 11.4. The van der Waals surface area contributed by atoms with Gasteiger partial charge in [0.2, 0.25) is 0 Å². The van der Waals surface area contributed by atoms with E-state index >= 15 is 0 Å². The molecule has 1 aliphatic heterocycles. The molecule has 4 nitrogen and oxygen atoms in total. The Morgan fingerprint density at radius 1 is 1.44 bits per heavy atom. The lowest BCUT2D eigenvalue weighted by Gasteiger charge is -2.31. The van der Waals surface area contributed by atoms with Crippen molar-refractivity contribution in [3.63, 3.8) is 0 Å². The molecule has 0 bridgehead atoms. The van der Waals surface area contributed by atoms with E-state index in [1.54, 1.807) is 0 Å². The van der Waals surface area contributed by atoms with Crippen LogP contribution in [0, 0.1) is 0 Å². The molecule has 1 aliphatic carbocycles. The molecule has 1 aromatic carbocycles. The van der Waals surface area contributed by atoms with E-state index in [0.29, 0.717) is 6.04 Å². The summed E-state index contributed by atoms with van der Waals surface area (Å²) in [5, 5.41) is 3.10. The summed E-state index contributed by atoms with van der Waals surface area (Å²) in [4.78, 5) is 14.2. The lowest BCUT2D eigenvalue weighted by atomic mass is 9.93. The standard InChI is InChI=1S/C14H19N3O/c1-9-7-10-8-11(15)5-6-13(10)17(9)14(18)16-12-3-2-4-12/h5-6,8-9,12H,2-4,7,15H2,1H3,(H,16,18). The van der Waals surface area contributed by atoms with Crippen LogP contribution in [-0.2, 0) is 6.42 Å². The Hall–Kier alpha value is -1.71. The summed E-state index contributed by atoms with van der Waals surface area (Å²) in [7, 11) is 0. The quantitative estimate of drug-likeness (QED) is 0.746. The lowest BCUT2D eigenvalue weighted by Crippen LogP contribution is -2.49. The number of rotatable bonds is 1. The number of nitrogens with zero attached hydrogens (tertiary/aromatic N) is 1. The second-order valence-corrected chi connectivity index (χ2v) is 5.39. The molecule has 2 aliphatic rings. The van der Waals surface area contributed by atoms with Crippen molar-refractivity contribution in [1.82, 2.24) is 5.32 Å². The summed E-state index contributed by atoms with van der Waals surface area (Å²) in [5.41, 5.74) is 8.74. The number of anilines is 2. The number of hydrogen-bond acceptors (Lipinski definition) is 2. The Morgan fingerprint density at radius 2 is 2.22 bits per heavy atom. The van der Waals surface area contributed by atoms with Gasteiger partial charge in [0.25, 0.3) is 0 Å². The third-order valence-electron chi connectivity index (χ3n) is 3.97. The molecule has 1 unspecified atom stereocenters. The van der Waals surface area contributed by atoms with Crippen molar-refractivity contribution >= 4 is 17.4 Å². The highest BCUT2D eigenvalue weighted by atomic mass is 16.2. The summed E-state index contributed by atoms with van der Waals surface area (Å²) in [6, 6.07) is 6.41. The summed E-state index contributed by atoms with van der Waals surface area (Å²) in [6.07, 6.45) is 4.34. The van der Waals surface area contributed by atoms with Gasteiger partial charge in [0, 0.05) is 23.5 Å². The largest absolute Gasteiger partial charge is 0.399 e. The maximum absolute atomic E-state index is 12.3. The molecule has 1 aromatic rings. The van der Waals surface area contributed by atoms with Gasteiger partial charge in [0.05, 0.1) is 0 Å². The molecule has 0 aromatic heterocycles. The van der Waals surface area contributed by atoms with Crippen molar-refractivity contribution in [2.45, 2.75) is 44.7 Å². The molecule has 3 rings (SSSR count). The van der Waals surface area contributed by atoms with Crippen molar-refractivity contribution < 1.29 is 4.79 Å². The third kappa shape index (κ3) is 1.82. The van der Waals surface area contributed by atoms with Gasteiger partial charge in [-0.1, -0.05) is 0 Å². The third-order valence-corrected chi connectivity index (χ3v) is 3.97. The van der Waals surface area contributed by atoms with Crippen molar-refractivity contribution in [2.75, 3.05) is 10.6 Å². The number of nitrogens with one attached hydrogen (secondary N) is 1. The van der Waals surface area contributed by atoms with Crippen LogP contribution in [0.25, 0.3) is 0 Å². The number of benzene rings is 1. The van der Waals surface area contributed by atoms with E-state index in [1.807, 2.05) is 23.1 Å². The van der Waals surface area contributed by atoms with Gasteiger partial charge in [-0.2, -0.15) is 0 Å². The second-order valence-electron chi connectivity index (χ2n) is 5.39. The van der Waals surface area contributed by atoms with Crippen molar-refractivity contribution in [3.05, 3.63) is 23.8 Å². The molecular weight excluding hydrogens is 226 g/mol. The highest BCUT2D eigenvalue weighted by Gasteiger charge is 2.32. The number of nitrogens with two attached hydrogens (primary N) is 1. The molecule has 0 spiro atoms. The van der Waals surface area contributed by atoms with Gasteiger partial charge >= 0.3 is 6.03 Å². The molecule has 96 valence electrons. The average Bonchev–Trinajstić information content (AvgIpc) is 2.58. The number of hydrogen-bond donors (Lipinski definition) is 2. The SMILES string of the molecule is CC1Cc2cc(N)ccc2N1C(=O)NC1CCC1. The van der Waals surface area contributed by atoms with Crippen LogP contribution in [0.5, 0.6) is 0 Å². The Labute approximate surface area is 107 Å². The fourth-order valence-corrected chi connectivity index (χ4v) is 2.76. The number of carbonyl (C=O) groups excluding carboxylic acids is 1. The maximum Gasteiger partial charge on any atom is 0.322 e. The number of fused-ring (bicyclic) bond motifs is 1. The van der Waals surface area contributed by atoms with Crippen LogP contribution >= 0.6 is 0 Å².